The van der Waals surface area contributed by atoms with Crippen LogP contribution in [0.25, 0.3) is 5.69 Å². The first kappa shape index (κ1) is 18.9. The summed E-state index contributed by atoms with van der Waals surface area (Å²) in [6, 6.07) is 19.0. The monoisotopic (exact) mass is 396 g/mol. The summed E-state index contributed by atoms with van der Waals surface area (Å²) in [6.07, 6.45) is 5.15. The first-order chi connectivity index (χ1) is 13.6. The number of nitrogens with zero attached hydrogens (tertiary/aromatic N) is 3. The number of piperidine rings is 1. The Bertz CT molecular complexity index is 979. The second-order valence-electron chi connectivity index (χ2n) is 7.10. The van der Waals surface area contributed by atoms with Crippen LogP contribution < -0.4 is 4.72 Å². The van der Waals surface area contributed by atoms with Crippen LogP contribution >= 0.6 is 0 Å². The number of hydrogen-bond donors (Lipinski definition) is 1. The molecule has 0 unspecified atom stereocenters. The van der Waals surface area contributed by atoms with Crippen molar-refractivity contribution in [3.8, 4) is 5.69 Å². The molecule has 0 bridgehead atoms. The van der Waals surface area contributed by atoms with E-state index in [-0.39, 0.29) is 10.9 Å². The number of sulfonamides is 1. The standard InChI is InChI=1S/C21H24N4O2S/c26-28(27,21-9-7-20(8-10-21)25-14-4-13-22-25)23-19-11-15-24(16-12-19)17-18-5-2-1-3-6-18/h1-10,13-14,19,23H,11-12,15-17H2. The van der Waals surface area contributed by atoms with Gasteiger partial charge < -0.3 is 0 Å². The van der Waals surface area contributed by atoms with Gasteiger partial charge in [0, 0.05) is 38.1 Å². The van der Waals surface area contributed by atoms with Crippen molar-refractivity contribution in [1.82, 2.24) is 19.4 Å². The molecular formula is C21H24N4O2S. The third-order valence-corrected chi connectivity index (χ3v) is 6.61. The molecule has 6 nitrogen and oxygen atoms in total. The van der Waals surface area contributed by atoms with E-state index >= 15 is 0 Å². The van der Waals surface area contributed by atoms with Gasteiger partial charge in [-0.2, -0.15) is 5.10 Å². The SMILES string of the molecule is O=S(=O)(NC1CCN(Cc2ccccc2)CC1)c1ccc(-n2cccn2)cc1. The average molecular weight is 397 g/mol. The van der Waals surface area contributed by atoms with Crippen molar-refractivity contribution in [2.24, 2.45) is 0 Å². The summed E-state index contributed by atoms with van der Waals surface area (Å²) in [7, 11) is -3.52. The Morgan fingerprint density at radius 1 is 0.964 bits per heavy atom. The fourth-order valence-electron chi connectivity index (χ4n) is 3.54. The van der Waals surface area contributed by atoms with Gasteiger partial charge in [-0.3, -0.25) is 4.90 Å². The zero-order valence-corrected chi connectivity index (χ0v) is 16.4. The second kappa shape index (κ2) is 8.26. The third kappa shape index (κ3) is 4.49. The fourth-order valence-corrected chi connectivity index (χ4v) is 4.84. The van der Waals surface area contributed by atoms with Crippen molar-refractivity contribution >= 4 is 10.0 Å². The van der Waals surface area contributed by atoms with E-state index < -0.39 is 10.0 Å². The lowest BCUT2D eigenvalue weighted by Crippen LogP contribution is -2.44. The number of likely N-dealkylation sites (tertiary alicyclic amines) is 1. The summed E-state index contributed by atoms with van der Waals surface area (Å²) in [6.45, 7) is 2.69. The minimum Gasteiger partial charge on any atom is -0.299 e. The van der Waals surface area contributed by atoms with Crippen molar-refractivity contribution in [3.63, 3.8) is 0 Å². The first-order valence-corrected chi connectivity index (χ1v) is 11.0. The van der Waals surface area contributed by atoms with Gasteiger partial charge in [0.15, 0.2) is 0 Å². The zero-order chi connectivity index (χ0) is 19.4. The van der Waals surface area contributed by atoms with Gasteiger partial charge in [-0.15, -0.1) is 0 Å². The molecule has 1 aromatic heterocycles. The normalized spacial score (nSPS) is 16.3. The molecule has 7 heteroatoms. The summed E-state index contributed by atoms with van der Waals surface area (Å²) >= 11 is 0. The lowest BCUT2D eigenvalue weighted by Gasteiger charge is -2.32. The van der Waals surface area contributed by atoms with Crippen LogP contribution in [0.4, 0.5) is 0 Å². The van der Waals surface area contributed by atoms with Gasteiger partial charge in [-0.05, 0) is 48.7 Å². The molecule has 2 heterocycles. The van der Waals surface area contributed by atoms with Gasteiger partial charge >= 0.3 is 0 Å². The summed E-state index contributed by atoms with van der Waals surface area (Å²) in [5.41, 5.74) is 2.12. The summed E-state index contributed by atoms with van der Waals surface area (Å²) in [4.78, 5) is 2.66. The largest absolute Gasteiger partial charge is 0.299 e. The molecule has 1 N–H and O–H groups in total. The van der Waals surface area contributed by atoms with Gasteiger partial charge in [0.2, 0.25) is 10.0 Å². The van der Waals surface area contributed by atoms with E-state index in [4.69, 9.17) is 0 Å². The minimum absolute atomic E-state index is 0.0252. The molecular weight excluding hydrogens is 372 g/mol. The van der Waals surface area contributed by atoms with Gasteiger partial charge in [-0.1, -0.05) is 30.3 Å². The molecule has 0 aliphatic carbocycles. The topological polar surface area (TPSA) is 67.2 Å². The van der Waals surface area contributed by atoms with E-state index in [2.05, 4.69) is 26.9 Å². The van der Waals surface area contributed by atoms with Crippen LogP contribution in [-0.2, 0) is 16.6 Å². The third-order valence-electron chi connectivity index (χ3n) is 5.07. The Morgan fingerprint density at radius 3 is 2.32 bits per heavy atom. The molecule has 0 atom stereocenters. The van der Waals surface area contributed by atoms with Crippen LogP contribution in [0.15, 0.2) is 78.0 Å². The predicted molar refractivity (Wildman–Crippen MR) is 109 cm³/mol. The lowest BCUT2D eigenvalue weighted by atomic mass is 10.1. The maximum Gasteiger partial charge on any atom is 0.240 e. The van der Waals surface area contributed by atoms with Crippen molar-refractivity contribution in [2.75, 3.05) is 13.1 Å². The van der Waals surface area contributed by atoms with Gasteiger partial charge in [0.05, 0.1) is 10.6 Å². The van der Waals surface area contributed by atoms with Crippen molar-refractivity contribution < 1.29 is 8.42 Å². The van der Waals surface area contributed by atoms with E-state index in [1.54, 1.807) is 35.1 Å². The van der Waals surface area contributed by atoms with Crippen LogP contribution in [0.3, 0.4) is 0 Å². The van der Waals surface area contributed by atoms with Gasteiger partial charge in [0.25, 0.3) is 0 Å². The minimum atomic E-state index is -3.52. The zero-order valence-electron chi connectivity index (χ0n) is 15.6. The van der Waals surface area contributed by atoms with Gasteiger partial charge in [0.1, 0.15) is 0 Å². The Morgan fingerprint density at radius 2 is 1.68 bits per heavy atom. The van der Waals surface area contributed by atoms with Crippen molar-refractivity contribution in [3.05, 3.63) is 78.6 Å². The average Bonchev–Trinajstić information content (AvgIpc) is 3.25. The molecule has 4 rings (SSSR count). The molecule has 0 saturated carbocycles. The Kier molecular flexibility index (Phi) is 5.57. The maximum atomic E-state index is 12.7. The Labute approximate surface area is 165 Å². The lowest BCUT2D eigenvalue weighted by molar-refractivity contribution is 0.200. The summed E-state index contributed by atoms with van der Waals surface area (Å²) in [5, 5.41) is 4.16. The van der Waals surface area contributed by atoms with Gasteiger partial charge in [-0.25, -0.2) is 17.8 Å². The molecule has 0 spiro atoms. The van der Waals surface area contributed by atoms with Crippen molar-refractivity contribution in [1.29, 1.82) is 0 Å². The highest BCUT2D eigenvalue weighted by Gasteiger charge is 2.24. The number of hydrogen-bond acceptors (Lipinski definition) is 4. The molecule has 1 saturated heterocycles. The maximum absolute atomic E-state index is 12.7. The van der Waals surface area contributed by atoms with Crippen LogP contribution in [0.1, 0.15) is 18.4 Å². The highest BCUT2D eigenvalue weighted by Crippen LogP contribution is 2.18. The van der Waals surface area contributed by atoms with E-state index in [9.17, 15) is 8.42 Å². The Hall–Kier alpha value is -2.48. The molecule has 28 heavy (non-hydrogen) atoms. The quantitative estimate of drug-likeness (QED) is 0.696. The molecule has 0 amide bonds. The fraction of sp³-hybridized carbons (Fsp3) is 0.286. The van der Waals surface area contributed by atoms with E-state index in [1.165, 1.54) is 5.56 Å². The predicted octanol–water partition coefficient (Wildman–Crippen LogP) is 2.82. The Balaban J connectivity index is 1.34. The van der Waals surface area contributed by atoms with Crippen LogP contribution in [0.2, 0.25) is 0 Å². The highest BCUT2D eigenvalue weighted by atomic mass is 32.2. The summed E-state index contributed by atoms with van der Waals surface area (Å²) in [5.74, 6) is 0. The second-order valence-corrected chi connectivity index (χ2v) is 8.82. The molecule has 1 aliphatic heterocycles. The van der Waals surface area contributed by atoms with Crippen LogP contribution in [0, 0.1) is 0 Å². The first-order valence-electron chi connectivity index (χ1n) is 9.49. The summed E-state index contributed by atoms with van der Waals surface area (Å²) < 4.78 is 30.0. The molecule has 146 valence electrons. The number of rotatable bonds is 6. The highest BCUT2D eigenvalue weighted by molar-refractivity contribution is 7.89. The molecule has 0 radical (unpaired) electrons. The smallest absolute Gasteiger partial charge is 0.240 e. The molecule has 1 fully saturated rings. The number of aromatic nitrogens is 2. The molecule has 2 aromatic carbocycles. The van der Waals surface area contributed by atoms with Crippen molar-refractivity contribution in [2.45, 2.75) is 30.3 Å². The van der Waals surface area contributed by atoms with E-state index in [1.807, 2.05) is 30.5 Å². The number of benzene rings is 2. The van der Waals surface area contributed by atoms with E-state index in [0.717, 1.165) is 38.2 Å². The van der Waals surface area contributed by atoms with Crippen LogP contribution in [-0.4, -0.2) is 42.2 Å². The van der Waals surface area contributed by atoms with Crippen LogP contribution in [0.5, 0.6) is 0 Å². The molecule has 1 aliphatic rings. The molecule has 3 aromatic rings. The number of nitrogens with one attached hydrogen (secondary N) is 1. The van der Waals surface area contributed by atoms with E-state index in [0.29, 0.717) is 0 Å².